The van der Waals surface area contributed by atoms with Gasteiger partial charge in [0.1, 0.15) is 6.54 Å². The summed E-state index contributed by atoms with van der Waals surface area (Å²) in [7, 11) is 0. The van der Waals surface area contributed by atoms with Gasteiger partial charge in [-0.05, 0) is 37.0 Å². The highest BCUT2D eigenvalue weighted by molar-refractivity contribution is 5.81. The molecule has 0 spiro atoms. The van der Waals surface area contributed by atoms with Crippen LogP contribution in [-0.4, -0.2) is 39.5 Å². The van der Waals surface area contributed by atoms with Gasteiger partial charge in [-0.3, -0.25) is 19.1 Å². The third-order valence-corrected chi connectivity index (χ3v) is 5.57. The van der Waals surface area contributed by atoms with E-state index in [1.54, 1.807) is 6.07 Å². The van der Waals surface area contributed by atoms with Crippen LogP contribution in [0.15, 0.2) is 59.7 Å². The van der Waals surface area contributed by atoms with Crippen molar-refractivity contribution in [2.24, 2.45) is 0 Å². The van der Waals surface area contributed by atoms with Gasteiger partial charge in [0, 0.05) is 25.7 Å². The normalized spacial score (nSPS) is 15.5. The number of hydrogen-bond donors (Lipinski definition) is 1. The molecule has 29 heavy (non-hydrogen) atoms. The number of aryl methyl sites for hydroxylation is 1. The Morgan fingerprint density at radius 1 is 1.10 bits per heavy atom. The second-order valence-electron chi connectivity index (χ2n) is 7.75. The minimum absolute atomic E-state index is 0.0000547. The first-order valence-electron chi connectivity index (χ1n) is 10.1. The van der Waals surface area contributed by atoms with Crippen LogP contribution < -0.4 is 10.9 Å². The standard InChI is InChI=1S/C23H26N4O2/c1-17-6-5-9-20-22(17)24-16-27(23(20)29)15-21(28)25-19-10-12-26(13-11-19)14-18-7-3-2-4-8-18/h2-9,16,19H,10-15H2,1H3,(H,25,28). The van der Waals surface area contributed by atoms with Crippen molar-refractivity contribution < 1.29 is 4.79 Å². The molecule has 1 aliphatic heterocycles. The molecular formula is C23H26N4O2. The van der Waals surface area contributed by atoms with Crippen molar-refractivity contribution in [1.29, 1.82) is 0 Å². The second kappa shape index (κ2) is 8.57. The summed E-state index contributed by atoms with van der Waals surface area (Å²) >= 11 is 0. The fourth-order valence-electron chi connectivity index (χ4n) is 3.96. The third-order valence-electron chi connectivity index (χ3n) is 5.57. The SMILES string of the molecule is Cc1cccc2c(=O)n(CC(=O)NC3CCN(Cc4ccccc4)CC3)cnc12. The molecule has 3 aromatic rings. The van der Waals surface area contributed by atoms with E-state index in [0.29, 0.717) is 10.9 Å². The van der Waals surface area contributed by atoms with E-state index in [1.165, 1.54) is 16.5 Å². The number of carbonyl (C=O) groups is 1. The Morgan fingerprint density at radius 2 is 1.86 bits per heavy atom. The Hall–Kier alpha value is -2.99. The molecule has 0 unspecified atom stereocenters. The lowest BCUT2D eigenvalue weighted by Crippen LogP contribution is -2.45. The zero-order valence-corrected chi connectivity index (χ0v) is 16.7. The van der Waals surface area contributed by atoms with Crippen LogP contribution in [0.1, 0.15) is 24.0 Å². The zero-order valence-electron chi connectivity index (χ0n) is 16.7. The number of likely N-dealkylation sites (tertiary alicyclic amines) is 1. The Bertz CT molecular complexity index is 1050. The van der Waals surface area contributed by atoms with E-state index in [4.69, 9.17) is 0 Å². The molecule has 4 rings (SSSR count). The van der Waals surface area contributed by atoms with Gasteiger partial charge in [0.15, 0.2) is 0 Å². The summed E-state index contributed by atoms with van der Waals surface area (Å²) in [6.07, 6.45) is 3.31. The van der Waals surface area contributed by atoms with E-state index in [9.17, 15) is 9.59 Å². The number of aromatic nitrogens is 2. The lowest BCUT2D eigenvalue weighted by atomic mass is 10.0. The Kier molecular flexibility index (Phi) is 5.71. The molecule has 2 heterocycles. The summed E-state index contributed by atoms with van der Waals surface area (Å²) < 4.78 is 1.39. The first-order valence-corrected chi connectivity index (χ1v) is 10.1. The van der Waals surface area contributed by atoms with Crippen LogP contribution in [0.25, 0.3) is 10.9 Å². The van der Waals surface area contributed by atoms with Gasteiger partial charge in [-0.15, -0.1) is 0 Å². The number of nitrogens with one attached hydrogen (secondary N) is 1. The molecule has 1 aromatic heterocycles. The molecular weight excluding hydrogens is 364 g/mol. The van der Waals surface area contributed by atoms with Crippen molar-refractivity contribution in [2.75, 3.05) is 13.1 Å². The highest BCUT2D eigenvalue weighted by Crippen LogP contribution is 2.14. The maximum absolute atomic E-state index is 12.7. The third kappa shape index (κ3) is 4.54. The molecule has 1 amide bonds. The van der Waals surface area contributed by atoms with Crippen LogP contribution in [0.2, 0.25) is 0 Å². The molecule has 1 aliphatic rings. The van der Waals surface area contributed by atoms with E-state index in [1.807, 2.05) is 25.1 Å². The average Bonchev–Trinajstić information content (AvgIpc) is 2.73. The lowest BCUT2D eigenvalue weighted by molar-refractivity contribution is -0.122. The van der Waals surface area contributed by atoms with E-state index in [0.717, 1.165) is 38.0 Å². The predicted octanol–water partition coefficient (Wildman–Crippen LogP) is 2.49. The highest BCUT2D eigenvalue weighted by atomic mass is 16.2. The maximum atomic E-state index is 12.7. The van der Waals surface area contributed by atoms with Crippen molar-refractivity contribution in [1.82, 2.24) is 19.8 Å². The summed E-state index contributed by atoms with van der Waals surface area (Å²) in [6, 6.07) is 16.1. The van der Waals surface area contributed by atoms with E-state index < -0.39 is 0 Å². The fourth-order valence-corrected chi connectivity index (χ4v) is 3.96. The predicted molar refractivity (Wildman–Crippen MR) is 114 cm³/mol. The number of amides is 1. The first kappa shape index (κ1) is 19.3. The quantitative estimate of drug-likeness (QED) is 0.727. The topological polar surface area (TPSA) is 67.2 Å². The number of nitrogens with zero attached hydrogens (tertiary/aromatic N) is 3. The molecule has 150 valence electrons. The molecule has 0 saturated carbocycles. The van der Waals surface area contributed by atoms with Gasteiger partial charge in [0.05, 0.1) is 17.2 Å². The summed E-state index contributed by atoms with van der Waals surface area (Å²) in [4.78, 5) is 31.9. The van der Waals surface area contributed by atoms with Crippen molar-refractivity contribution in [2.45, 2.75) is 38.9 Å². The molecule has 1 saturated heterocycles. The molecule has 6 heteroatoms. The first-order chi connectivity index (χ1) is 14.1. The van der Waals surface area contributed by atoms with Crippen molar-refractivity contribution in [3.8, 4) is 0 Å². The van der Waals surface area contributed by atoms with Crippen LogP contribution in [0.3, 0.4) is 0 Å². The molecule has 1 N–H and O–H groups in total. The number of para-hydroxylation sites is 1. The Labute approximate surface area is 170 Å². The lowest BCUT2D eigenvalue weighted by Gasteiger charge is -2.32. The fraction of sp³-hybridized carbons (Fsp3) is 0.348. The smallest absolute Gasteiger partial charge is 0.261 e. The number of benzene rings is 2. The van der Waals surface area contributed by atoms with Gasteiger partial charge in [-0.2, -0.15) is 0 Å². The molecule has 0 aliphatic carbocycles. The van der Waals surface area contributed by atoms with Crippen LogP contribution in [0, 0.1) is 6.92 Å². The van der Waals surface area contributed by atoms with Crippen molar-refractivity contribution in [3.05, 3.63) is 76.3 Å². The van der Waals surface area contributed by atoms with Gasteiger partial charge in [-0.25, -0.2) is 4.98 Å². The van der Waals surface area contributed by atoms with Crippen molar-refractivity contribution >= 4 is 16.8 Å². The Morgan fingerprint density at radius 3 is 2.62 bits per heavy atom. The minimum Gasteiger partial charge on any atom is -0.352 e. The van der Waals surface area contributed by atoms with Gasteiger partial charge in [0.2, 0.25) is 5.91 Å². The molecule has 0 bridgehead atoms. The molecule has 0 atom stereocenters. The monoisotopic (exact) mass is 390 g/mol. The molecule has 2 aromatic carbocycles. The number of carbonyl (C=O) groups excluding carboxylic acids is 1. The summed E-state index contributed by atoms with van der Waals surface area (Å²) in [6.45, 7) is 4.78. The van der Waals surface area contributed by atoms with Gasteiger partial charge >= 0.3 is 0 Å². The number of rotatable bonds is 5. The van der Waals surface area contributed by atoms with E-state index >= 15 is 0 Å². The Balaban J connectivity index is 1.32. The van der Waals surface area contributed by atoms with Crippen LogP contribution in [0.5, 0.6) is 0 Å². The average molecular weight is 390 g/mol. The minimum atomic E-state index is -0.175. The van der Waals surface area contributed by atoms with Gasteiger partial charge < -0.3 is 5.32 Å². The maximum Gasteiger partial charge on any atom is 0.261 e. The summed E-state index contributed by atoms with van der Waals surface area (Å²) in [5.41, 5.74) is 2.79. The molecule has 0 radical (unpaired) electrons. The molecule has 6 nitrogen and oxygen atoms in total. The van der Waals surface area contributed by atoms with Crippen molar-refractivity contribution in [3.63, 3.8) is 0 Å². The van der Waals surface area contributed by atoms with E-state index in [-0.39, 0.29) is 24.1 Å². The van der Waals surface area contributed by atoms with Crippen LogP contribution in [-0.2, 0) is 17.9 Å². The number of hydrogen-bond acceptors (Lipinski definition) is 4. The number of piperidine rings is 1. The van der Waals surface area contributed by atoms with Gasteiger partial charge in [-0.1, -0.05) is 42.5 Å². The van der Waals surface area contributed by atoms with Gasteiger partial charge in [0.25, 0.3) is 5.56 Å². The number of fused-ring (bicyclic) bond motifs is 1. The van der Waals surface area contributed by atoms with Crippen LogP contribution >= 0.6 is 0 Å². The second-order valence-corrected chi connectivity index (χ2v) is 7.75. The largest absolute Gasteiger partial charge is 0.352 e. The summed E-state index contributed by atoms with van der Waals surface area (Å²) in [5, 5.41) is 3.64. The van der Waals surface area contributed by atoms with Crippen LogP contribution in [0.4, 0.5) is 0 Å². The zero-order chi connectivity index (χ0) is 20.2. The molecule has 1 fully saturated rings. The summed E-state index contributed by atoms with van der Waals surface area (Å²) in [5.74, 6) is -0.137. The van der Waals surface area contributed by atoms with E-state index in [2.05, 4.69) is 39.5 Å². The highest BCUT2D eigenvalue weighted by Gasteiger charge is 2.21.